The standard InChI is InChI=1S/C25H22N6O3/c1-15-18(5-6-20-22(15)34-25(30-20)31-9-11-33-12-10-31)29-24(32)21-4-2-3-19(28-21)17-13-16-7-8-26-23(16)27-14-17/h2-8,13-14H,9-12H2,1H3,(H,26,27)(H,29,32). The van der Waals surface area contributed by atoms with Gasteiger partial charge < -0.3 is 24.4 Å². The number of nitrogens with one attached hydrogen (secondary N) is 2. The monoisotopic (exact) mass is 454 g/mol. The van der Waals surface area contributed by atoms with E-state index >= 15 is 0 Å². The summed E-state index contributed by atoms with van der Waals surface area (Å²) in [7, 11) is 0. The maximum absolute atomic E-state index is 13.0. The average molecular weight is 454 g/mol. The van der Waals surface area contributed by atoms with Gasteiger partial charge >= 0.3 is 0 Å². The van der Waals surface area contributed by atoms with Gasteiger partial charge in [-0.3, -0.25) is 4.79 Å². The van der Waals surface area contributed by atoms with Crippen LogP contribution in [0, 0.1) is 6.92 Å². The molecule has 0 bridgehead atoms. The first-order valence-corrected chi connectivity index (χ1v) is 11.1. The van der Waals surface area contributed by atoms with E-state index in [1.165, 1.54) is 0 Å². The first-order chi connectivity index (χ1) is 16.7. The van der Waals surface area contributed by atoms with Crippen molar-refractivity contribution in [3.8, 4) is 11.3 Å². The van der Waals surface area contributed by atoms with Gasteiger partial charge in [0.2, 0.25) is 0 Å². The summed E-state index contributed by atoms with van der Waals surface area (Å²) in [6, 6.07) is 13.6. The van der Waals surface area contributed by atoms with Crippen LogP contribution < -0.4 is 10.2 Å². The molecule has 5 heterocycles. The number of benzene rings is 1. The number of rotatable bonds is 4. The highest BCUT2D eigenvalue weighted by Gasteiger charge is 2.20. The Morgan fingerprint density at radius 2 is 2.00 bits per heavy atom. The third-order valence-corrected chi connectivity index (χ3v) is 6.00. The first kappa shape index (κ1) is 20.4. The molecule has 1 aliphatic rings. The maximum Gasteiger partial charge on any atom is 0.298 e. The number of hydrogen-bond donors (Lipinski definition) is 2. The summed E-state index contributed by atoms with van der Waals surface area (Å²) in [5.74, 6) is -0.298. The Morgan fingerprint density at radius 1 is 1.12 bits per heavy atom. The van der Waals surface area contributed by atoms with Gasteiger partial charge in [0.15, 0.2) is 5.58 Å². The lowest BCUT2D eigenvalue weighted by Gasteiger charge is -2.24. The number of oxazole rings is 1. The van der Waals surface area contributed by atoms with E-state index in [9.17, 15) is 4.79 Å². The zero-order valence-electron chi connectivity index (χ0n) is 18.5. The lowest BCUT2D eigenvalue weighted by molar-refractivity contribution is 0.102. The molecule has 1 aliphatic heterocycles. The van der Waals surface area contributed by atoms with Crippen LogP contribution in [0.2, 0.25) is 0 Å². The molecule has 1 amide bonds. The van der Waals surface area contributed by atoms with E-state index in [0.717, 1.165) is 40.8 Å². The second-order valence-electron chi connectivity index (χ2n) is 8.18. The highest BCUT2D eigenvalue weighted by Crippen LogP contribution is 2.30. The lowest BCUT2D eigenvalue weighted by Crippen LogP contribution is -2.36. The number of aromatic amines is 1. The van der Waals surface area contributed by atoms with Crippen molar-refractivity contribution in [1.82, 2.24) is 19.9 Å². The van der Waals surface area contributed by atoms with Crippen molar-refractivity contribution in [2.45, 2.75) is 6.92 Å². The number of morpholine rings is 1. The topological polar surface area (TPSA) is 109 Å². The normalized spacial score (nSPS) is 14.1. The van der Waals surface area contributed by atoms with Gasteiger partial charge in [-0.1, -0.05) is 6.07 Å². The van der Waals surface area contributed by atoms with Crippen molar-refractivity contribution < 1.29 is 13.9 Å². The van der Waals surface area contributed by atoms with E-state index in [1.807, 2.05) is 49.5 Å². The van der Waals surface area contributed by atoms with Crippen molar-refractivity contribution >= 4 is 39.7 Å². The SMILES string of the molecule is Cc1c(NC(=O)c2cccc(-c3cnc4[nH]ccc4c3)n2)ccc2nc(N3CCOCC3)oc12. The summed E-state index contributed by atoms with van der Waals surface area (Å²) >= 11 is 0. The number of hydrogen-bond acceptors (Lipinski definition) is 7. The number of H-pyrrole nitrogens is 1. The van der Waals surface area contributed by atoms with Crippen molar-refractivity contribution in [2.24, 2.45) is 0 Å². The van der Waals surface area contributed by atoms with Crippen molar-refractivity contribution in [3.63, 3.8) is 0 Å². The Labute approximate surface area is 194 Å². The average Bonchev–Trinajstić information content (AvgIpc) is 3.53. The molecule has 0 unspecified atom stereocenters. The molecule has 34 heavy (non-hydrogen) atoms. The highest BCUT2D eigenvalue weighted by atomic mass is 16.5. The Kier molecular flexibility index (Phi) is 4.96. The molecule has 0 spiro atoms. The number of anilines is 2. The first-order valence-electron chi connectivity index (χ1n) is 11.1. The van der Waals surface area contributed by atoms with Crippen molar-refractivity contribution in [1.29, 1.82) is 0 Å². The van der Waals surface area contributed by atoms with Crippen molar-refractivity contribution in [3.05, 3.63) is 66.1 Å². The van der Waals surface area contributed by atoms with Crippen LogP contribution in [0.3, 0.4) is 0 Å². The van der Waals surface area contributed by atoms with E-state index in [0.29, 0.717) is 41.9 Å². The van der Waals surface area contributed by atoms with Crippen LogP contribution in [0.1, 0.15) is 16.1 Å². The van der Waals surface area contributed by atoms with Gasteiger partial charge in [0.05, 0.1) is 18.9 Å². The Morgan fingerprint density at radius 3 is 2.88 bits per heavy atom. The predicted molar refractivity (Wildman–Crippen MR) is 129 cm³/mol. The van der Waals surface area contributed by atoms with E-state index in [-0.39, 0.29) is 5.91 Å². The Bertz CT molecular complexity index is 1520. The summed E-state index contributed by atoms with van der Waals surface area (Å²) in [5.41, 5.74) is 5.54. The molecule has 1 aromatic carbocycles. The number of nitrogens with zero attached hydrogens (tertiary/aromatic N) is 4. The fraction of sp³-hybridized carbons (Fsp3) is 0.200. The number of carbonyl (C=O) groups excluding carboxylic acids is 1. The van der Waals surface area contributed by atoms with E-state index in [4.69, 9.17) is 9.15 Å². The Balaban J connectivity index is 1.26. The largest absolute Gasteiger partial charge is 0.423 e. The zero-order chi connectivity index (χ0) is 23.1. The molecule has 4 aromatic heterocycles. The molecule has 6 rings (SSSR count). The fourth-order valence-corrected chi connectivity index (χ4v) is 4.12. The second-order valence-corrected chi connectivity index (χ2v) is 8.18. The number of ether oxygens (including phenoxy) is 1. The summed E-state index contributed by atoms with van der Waals surface area (Å²) < 4.78 is 11.5. The summed E-state index contributed by atoms with van der Waals surface area (Å²) in [4.78, 5) is 31.8. The molecular weight excluding hydrogens is 432 g/mol. The minimum atomic E-state index is -0.298. The van der Waals surface area contributed by atoms with Gasteiger partial charge in [0.25, 0.3) is 11.9 Å². The minimum absolute atomic E-state index is 0.298. The maximum atomic E-state index is 13.0. The van der Waals surface area contributed by atoms with Crippen molar-refractivity contribution in [2.75, 3.05) is 36.5 Å². The molecule has 9 nitrogen and oxygen atoms in total. The highest BCUT2D eigenvalue weighted by molar-refractivity contribution is 6.04. The third kappa shape index (κ3) is 3.65. The minimum Gasteiger partial charge on any atom is -0.423 e. The van der Waals surface area contributed by atoms with Crippen LogP contribution in [0.15, 0.2) is 59.3 Å². The molecule has 2 N–H and O–H groups in total. The van der Waals surface area contributed by atoms with Gasteiger partial charge in [-0.25, -0.2) is 9.97 Å². The second kappa shape index (κ2) is 8.27. The van der Waals surface area contributed by atoms with Gasteiger partial charge in [-0.2, -0.15) is 4.98 Å². The number of amides is 1. The van der Waals surface area contributed by atoms with E-state index < -0.39 is 0 Å². The molecule has 5 aromatic rings. The number of carbonyl (C=O) groups is 1. The number of aromatic nitrogens is 4. The van der Waals surface area contributed by atoms with Crippen LogP contribution in [-0.4, -0.2) is 52.1 Å². The molecule has 0 saturated carbocycles. The van der Waals surface area contributed by atoms with Crippen LogP contribution in [-0.2, 0) is 4.74 Å². The lowest BCUT2D eigenvalue weighted by atomic mass is 10.1. The van der Waals surface area contributed by atoms with Gasteiger partial charge in [0, 0.05) is 47.7 Å². The van der Waals surface area contributed by atoms with Gasteiger partial charge in [-0.05, 0) is 43.3 Å². The number of pyridine rings is 2. The number of fused-ring (bicyclic) bond motifs is 2. The molecular formula is C25H22N6O3. The molecule has 170 valence electrons. The van der Waals surface area contributed by atoms with Gasteiger partial charge in [-0.15, -0.1) is 0 Å². The fourth-order valence-electron chi connectivity index (χ4n) is 4.12. The molecule has 0 atom stereocenters. The molecule has 1 fully saturated rings. The smallest absolute Gasteiger partial charge is 0.298 e. The summed E-state index contributed by atoms with van der Waals surface area (Å²) in [6.07, 6.45) is 3.59. The summed E-state index contributed by atoms with van der Waals surface area (Å²) in [5, 5.41) is 3.96. The van der Waals surface area contributed by atoms with Crippen LogP contribution >= 0.6 is 0 Å². The summed E-state index contributed by atoms with van der Waals surface area (Å²) in [6.45, 7) is 4.70. The quantitative estimate of drug-likeness (QED) is 0.420. The molecule has 0 aliphatic carbocycles. The Hall–Kier alpha value is -4.24. The van der Waals surface area contributed by atoms with E-state index in [1.54, 1.807) is 12.3 Å². The zero-order valence-corrected chi connectivity index (χ0v) is 18.5. The van der Waals surface area contributed by atoms with Crippen LogP contribution in [0.4, 0.5) is 11.7 Å². The predicted octanol–water partition coefficient (Wildman–Crippen LogP) is 4.16. The molecule has 9 heteroatoms. The van der Waals surface area contributed by atoms with E-state index in [2.05, 4.69) is 30.2 Å². The third-order valence-electron chi connectivity index (χ3n) is 6.00. The van der Waals surface area contributed by atoms with Crippen LogP contribution in [0.25, 0.3) is 33.4 Å². The number of aryl methyl sites for hydroxylation is 1. The van der Waals surface area contributed by atoms with Gasteiger partial charge in [0.1, 0.15) is 16.9 Å². The van der Waals surface area contributed by atoms with Crippen LogP contribution in [0.5, 0.6) is 0 Å². The molecule has 1 saturated heterocycles. The molecule has 0 radical (unpaired) electrons.